The van der Waals surface area contributed by atoms with E-state index in [0.717, 1.165) is 11.6 Å². The van der Waals surface area contributed by atoms with Crippen molar-refractivity contribution in [3.05, 3.63) is 47.8 Å². The van der Waals surface area contributed by atoms with Gasteiger partial charge in [0.2, 0.25) is 0 Å². The van der Waals surface area contributed by atoms with Gasteiger partial charge < -0.3 is 15.2 Å². The molecule has 126 valence electrons. The smallest absolute Gasteiger partial charge is 0.408 e. The SMILES string of the molecule is CC(C)(C)OC(=O)NC(Cc1ccccc1)/C(F)=C/CC(=O)O. The molecule has 0 aromatic heterocycles. The molecule has 1 amide bonds. The quantitative estimate of drug-likeness (QED) is 0.841. The Morgan fingerprint density at radius 2 is 1.91 bits per heavy atom. The normalized spacial score (nSPS) is 13.3. The molecule has 0 bridgehead atoms. The van der Waals surface area contributed by atoms with E-state index in [2.05, 4.69) is 5.32 Å². The van der Waals surface area contributed by atoms with Crippen LogP contribution in [0.4, 0.5) is 9.18 Å². The lowest BCUT2D eigenvalue weighted by Crippen LogP contribution is -2.40. The third-order valence-corrected chi connectivity index (χ3v) is 2.78. The van der Waals surface area contributed by atoms with Crippen LogP contribution in [0.1, 0.15) is 32.8 Å². The second kappa shape index (κ2) is 8.31. The molecule has 23 heavy (non-hydrogen) atoms. The minimum Gasteiger partial charge on any atom is -0.481 e. The summed E-state index contributed by atoms with van der Waals surface area (Å²) < 4.78 is 19.4. The van der Waals surface area contributed by atoms with Gasteiger partial charge in [-0.1, -0.05) is 30.3 Å². The van der Waals surface area contributed by atoms with E-state index in [1.807, 2.05) is 6.07 Å². The van der Waals surface area contributed by atoms with E-state index in [0.29, 0.717) is 0 Å². The molecule has 6 heteroatoms. The van der Waals surface area contributed by atoms with Gasteiger partial charge in [-0.15, -0.1) is 0 Å². The molecule has 5 nitrogen and oxygen atoms in total. The van der Waals surface area contributed by atoms with E-state index in [1.165, 1.54) is 0 Å². The average molecular weight is 323 g/mol. The first-order chi connectivity index (χ1) is 10.7. The Bertz CT molecular complexity index is 564. The molecule has 0 saturated carbocycles. The average Bonchev–Trinajstić information content (AvgIpc) is 2.43. The second-order valence-corrected chi connectivity index (χ2v) is 6.08. The molecule has 0 aliphatic carbocycles. The fourth-order valence-corrected chi connectivity index (χ4v) is 1.84. The summed E-state index contributed by atoms with van der Waals surface area (Å²) in [5.74, 6) is -1.85. The van der Waals surface area contributed by atoms with Gasteiger partial charge in [-0.25, -0.2) is 9.18 Å². The Hall–Kier alpha value is -2.37. The maximum absolute atomic E-state index is 14.2. The monoisotopic (exact) mass is 323 g/mol. The highest BCUT2D eigenvalue weighted by Crippen LogP contribution is 2.14. The van der Waals surface area contributed by atoms with Gasteiger partial charge in [0.25, 0.3) is 0 Å². The highest BCUT2D eigenvalue weighted by molar-refractivity contribution is 5.70. The van der Waals surface area contributed by atoms with Gasteiger partial charge >= 0.3 is 12.1 Å². The van der Waals surface area contributed by atoms with Crippen LogP contribution in [0.5, 0.6) is 0 Å². The first kappa shape index (κ1) is 18.7. The number of aliphatic carboxylic acids is 1. The van der Waals surface area contributed by atoms with Gasteiger partial charge in [0, 0.05) is 0 Å². The number of carboxylic acid groups (broad SMARTS) is 1. The summed E-state index contributed by atoms with van der Waals surface area (Å²) in [7, 11) is 0. The molecule has 0 fully saturated rings. The van der Waals surface area contributed by atoms with Crippen LogP contribution in [0.25, 0.3) is 0 Å². The Morgan fingerprint density at radius 1 is 1.30 bits per heavy atom. The first-order valence-corrected chi connectivity index (χ1v) is 7.28. The number of alkyl carbamates (subject to hydrolysis) is 1. The summed E-state index contributed by atoms with van der Waals surface area (Å²) >= 11 is 0. The topological polar surface area (TPSA) is 75.6 Å². The Balaban J connectivity index is 2.85. The molecular formula is C17H22FNO4. The summed E-state index contributed by atoms with van der Waals surface area (Å²) in [6.07, 6.45) is -0.0556. The van der Waals surface area contributed by atoms with Crippen LogP contribution in [-0.2, 0) is 16.0 Å². The number of ether oxygens (including phenoxy) is 1. The van der Waals surface area contributed by atoms with Crippen LogP contribution in [0.3, 0.4) is 0 Å². The molecule has 0 aliphatic heterocycles. The molecule has 1 atom stereocenters. The largest absolute Gasteiger partial charge is 0.481 e. The van der Waals surface area contributed by atoms with Crippen LogP contribution in [0.15, 0.2) is 42.2 Å². The van der Waals surface area contributed by atoms with Crippen LogP contribution in [0.2, 0.25) is 0 Å². The number of benzene rings is 1. The lowest BCUT2D eigenvalue weighted by molar-refractivity contribution is -0.136. The minimum absolute atomic E-state index is 0.196. The molecule has 2 N–H and O–H groups in total. The van der Waals surface area contributed by atoms with Crippen molar-refractivity contribution >= 4 is 12.1 Å². The predicted octanol–water partition coefficient (Wildman–Crippen LogP) is 3.45. The molecule has 0 heterocycles. The lowest BCUT2D eigenvalue weighted by Gasteiger charge is -2.23. The van der Waals surface area contributed by atoms with Gasteiger partial charge in [-0.3, -0.25) is 4.79 Å². The minimum atomic E-state index is -1.14. The summed E-state index contributed by atoms with van der Waals surface area (Å²) in [6.45, 7) is 5.11. The highest BCUT2D eigenvalue weighted by atomic mass is 19.1. The van der Waals surface area contributed by atoms with Crippen LogP contribution >= 0.6 is 0 Å². The van der Waals surface area contributed by atoms with Gasteiger partial charge in [0.15, 0.2) is 0 Å². The number of carbonyl (C=O) groups excluding carboxylic acids is 1. The third kappa shape index (κ3) is 7.99. The zero-order valence-electron chi connectivity index (χ0n) is 13.5. The number of hydrogen-bond donors (Lipinski definition) is 2. The molecule has 1 rings (SSSR count). The van der Waals surface area contributed by atoms with Crippen molar-refractivity contribution in [2.45, 2.75) is 45.3 Å². The fraction of sp³-hybridized carbons (Fsp3) is 0.412. The Kier molecular flexibility index (Phi) is 6.75. The number of carbonyl (C=O) groups is 2. The summed E-state index contributed by atoms with van der Waals surface area (Å²) in [4.78, 5) is 22.4. The lowest BCUT2D eigenvalue weighted by atomic mass is 10.0. The molecule has 0 aliphatic rings. The van der Waals surface area contributed by atoms with E-state index in [9.17, 15) is 14.0 Å². The van der Waals surface area contributed by atoms with E-state index < -0.39 is 36.0 Å². The van der Waals surface area contributed by atoms with Crippen LogP contribution in [0, 0.1) is 0 Å². The number of rotatable bonds is 6. The van der Waals surface area contributed by atoms with E-state index >= 15 is 0 Å². The predicted molar refractivity (Wildman–Crippen MR) is 84.7 cm³/mol. The number of hydrogen-bond acceptors (Lipinski definition) is 3. The maximum atomic E-state index is 14.2. The van der Waals surface area contributed by atoms with E-state index in [-0.39, 0.29) is 6.42 Å². The zero-order chi connectivity index (χ0) is 17.5. The summed E-state index contributed by atoms with van der Waals surface area (Å²) in [6, 6.07) is 8.06. The molecular weight excluding hydrogens is 301 g/mol. The van der Waals surface area contributed by atoms with E-state index in [1.54, 1.807) is 45.0 Å². The number of amides is 1. The van der Waals surface area contributed by atoms with Gasteiger partial charge in [-0.2, -0.15) is 0 Å². The van der Waals surface area contributed by atoms with E-state index in [4.69, 9.17) is 9.84 Å². The number of halogens is 1. The third-order valence-electron chi connectivity index (χ3n) is 2.78. The van der Waals surface area contributed by atoms with Crippen molar-refractivity contribution in [1.82, 2.24) is 5.32 Å². The first-order valence-electron chi connectivity index (χ1n) is 7.28. The van der Waals surface area contributed by atoms with Crippen molar-refractivity contribution < 1.29 is 23.8 Å². The molecule has 0 spiro atoms. The molecule has 1 aromatic carbocycles. The number of nitrogens with one attached hydrogen (secondary N) is 1. The van der Waals surface area contributed by atoms with Crippen molar-refractivity contribution in [3.8, 4) is 0 Å². The second-order valence-electron chi connectivity index (χ2n) is 6.08. The highest BCUT2D eigenvalue weighted by Gasteiger charge is 2.22. The molecule has 1 aromatic rings. The zero-order valence-corrected chi connectivity index (χ0v) is 13.5. The van der Waals surface area contributed by atoms with Crippen molar-refractivity contribution in [3.63, 3.8) is 0 Å². The van der Waals surface area contributed by atoms with Gasteiger partial charge in [0.05, 0.1) is 12.5 Å². The molecule has 1 unspecified atom stereocenters. The van der Waals surface area contributed by atoms with Crippen LogP contribution < -0.4 is 5.32 Å². The van der Waals surface area contributed by atoms with Crippen molar-refractivity contribution in [1.29, 1.82) is 0 Å². The van der Waals surface area contributed by atoms with Gasteiger partial charge in [0.1, 0.15) is 11.4 Å². The Labute approximate surface area is 135 Å². The summed E-state index contributed by atoms with van der Waals surface area (Å²) in [5, 5.41) is 11.1. The number of carboxylic acids is 1. The van der Waals surface area contributed by atoms with Crippen molar-refractivity contribution in [2.24, 2.45) is 0 Å². The maximum Gasteiger partial charge on any atom is 0.408 e. The molecule has 0 saturated heterocycles. The fourth-order valence-electron chi connectivity index (χ4n) is 1.84. The van der Waals surface area contributed by atoms with Gasteiger partial charge in [-0.05, 0) is 38.8 Å². The summed E-state index contributed by atoms with van der Waals surface area (Å²) in [5.41, 5.74) is 0.107. The molecule has 0 radical (unpaired) electrons. The standard InChI is InChI=1S/C17H22FNO4/c1-17(2,3)23-16(22)19-14(13(18)9-10-15(20)21)11-12-7-5-4-6-8-12/h4-9,14H,10-11H2,1-3H3,(H,19,22)(H,20,21)/b13-9-. The Morgan fingerprint density at radius 3 is 2.43 bits per heavy atom. The van der Waals surface area contributed by atoms with Crippen molar-refractivity contribution in [2.75, 3.05) is 0 Å². The van der Waals surface area contributed by atoms with Crippen LogP contribution in [-0.4, -0.2) is 28.8 Å².